The van der Waals surface area contributed by atoms with E-state index in [0.29, 0.717) is 11.6 Å². The van der Waals surface area contributed by atoms with Crippen LogP contribution in [0.5, 0.6) is 5.75 Å². The number of benzene rings is 1. The van der Waals surface area contributed by atoms with Gasteiger partial charge in [0.1, 0.15) is 11.9 Å². The first-order chi connectivity index (χ1) is 11.1. The first kappa shape index (κ1) is 16.7. The lowest BCUT2D eigenvalue weighted by molar-refractivity contribution is 0.0922. The van der Waals surface area contributed by atoms with E-state index < -0.39 is 0 Å². The summed E-state index contributed by atoms with van der Waals surface area (Å²) in [6.07, 6.45) is 6.33. The molecule has 1 saturated heterocycles. The molecule has 4 nitrogen and oxygen atoms in total. The second-order valence-electron chi connectivity index (χ2n) is 6.49. The van der Waals surface area contributed by atoms with E-state index in [1.54, 1.807) is 11.8 Å². The summed E-state index contributed by atoms with van der Waals surface area (Å²) in [7, 11) is 0. The van der Waals surface area contributed by atoms with Crippen LogP contribution in [0.4, 0.5) is 0 Å². The molecule has 0 aliphatic carbocycles. The lowest BCUT2D eigenvalue weighted by Crippen LogP contribution is -2.47. The van der Waals surface area contributed by atoms with Gasteiger partial charge >= 0.3 is 0 Å². The molecule has 2 aliphatic heterocycles. The second-order valence-corrected chi connectivity index (χ2v) is 7.37. The Kier molecular flexibility index (Phi) is 5.17. The van der Waals surface area contributed by atoms with Crippen LogP contribution in [0.1, 0.15) is 49.0 Å². The molecular formula is C18H26N2O2S. The SMILES string of the molecule is CCC(NC(=O)c1cc(SC)cc2c1OC(C)C2)C1CCCN1. The Hall–Kier alpha value is -1.20. The summed E-state index contributed by atoms with van der Waals surface area (Å²) in [5.41, 5.74) is 1.84. The number of thioether (sulfide) groups is 1. The standard InChI is InChI=1S/C18H26N2O2S/c1-4-15(16-6-5-7-19-16)20-18(21)14-10-13(23-3)9-12-8-11(2)22-17(12)14/h9-11,15-16,19H,4-8H2,1-3H3,(H,20,21). The van der Waals surface area contributed by atoms with E-state index >= 15 is 0 Å². The molecule has 0 saturated carbocycles. The van der Waals surface area contributed by atoms with Crippen LogP contribution >= 0.6 is 11.8 Å². The highest BCUT2D eigenvalue weighted by molar-refractivity contribution is 7.98. The van der Waals surface area contributed by atoms with Crippen molar-refractivity contribution in [3.05, 3.63) is 23.3 Å². The molecule has 1 fully saturated rings. The van der Waals surface area contributed by atoms with E-state index in [9.17, 15) is 4.79 Å². The molecule has 1 aromatic rings. The van der Waals surface area contributed by atoms with Crippen molar-refractivity contribution in [2.24, 2.45) is 0 Å². The highest BCUT2D eigenvalue weighted by Gasteiger charge is 2.29. The highest BCUT2D eigenvalue weighted by Crippen LogP contribution is 2.36. The van der Waals surface area contributed by atoms with Crippen molar-refractivity contribution in [3.8, 4) is 5.75 Å². The zero-order valence-corrected chi connectivity index (χ0v) is 15.0. The zero-order valence-electron chi connectivity index (χ0n) is 14.1. The molecule has 3 rings (SSSR count). The fourth-order valence-corrected chi connectivity index (χ4v) is 4.07. The smallest absolute Gasteiger partial charge is 0.255 e. The summed E-state index contributed by atoms with van der Waals surface area (Å²) in [5, 5.41) is 6.73. The van der Waals surface area contributed by atoms with Gasteiger partial charge in [-0.2, -0.15) is 0 Å². The molecular weight excluding hydrogens is 308 g/mol. The molecule has 0 radical (unpaired) electrons. The maximum Gasteiger partial charge on any atom is 0.255 e. The molecule has 2 aliphatic rings. The van der Waals surface area contributed by atoms with E-state index in [4.69, 9.17) is 4.74 Å². The lowest BCUT2D eigenvalue weighted by Gasteiger charge is -2.24. The Morgan fingerprint density at radius 1 is 1.52 bits per heavy atom. The van der Waals surface area contributed by atoms with Crippen LogP contribution in [0.25, 0.3) is 0 Å². The van der Waals surface area contributed by atoms with Gasteiger partial charge in [0.15, 0.2) is 0 Å². The Labute approximate surface area is 142 Å². The highest BCUT2D eigenvalue weighted by atomic mass is 32.2. The largest absolute Gasteiger partial charge is 0.489 e. The number of amides is 1. The third-order valence-corrected chi connectivity index (χ3v) is 5.49. The summed E-state index contributed by atoms with van der Waals surface area (Å²) in [5.74, 6) is 0.772. The predicted octanol–water partition coefficient (Wildman–Crippen LogP) is 2.99. The molecule has 0 aromatic heterocycles. The van der Waals surface area contributed by atoms with Gasteiger partial charge in [0.2, 0.25) is 0 Å². The van der Waals surface area contributed by atoms with Gasteiger partial charge in [-0.05, 0) is 56.7 Å². The fraction of sp³-hybridized carbons (Fsp3) is 0.611. The molecule has 3 unspecified atom stereocenters. The second kappa shape index (κ2) is 7.14. The molecule has 2 heterocycles. The quantitative estimate of drug-likeness (QED) is 0.813. The van der Waals surface area contributed by atoms with Gasteiger partial charge in [-0.15, -0.1) is 11.8 Å². The van der Waals surface area contributed by atoms with Crippen molar-refractivity contribution < 1.29 is 9.53 Å². The van der Waals surface area contributed by atoms with Crippen molar-refractivity contribution in [3.63, 3.8) is 0 Å². The molecule has 5 heteroatoms. The van der Waals surface area contributed by atoms with Gasteiger partial charge in [0, 0.05) is 23.4 Å². The van der Waals surface area contributed by atoms with Crippen molar-refractivity contribution >= 4 is 17.7 Å². The van der Waals surface area contributed by atoms with Crippen molar-refractivity contribution in [1.29, 1.82) is 0 Å². The minimum Gasteiger partial charge on any atom is -0.489 e. The van der Waals surface area contributed by atoms with Crippen LogP contribution in [0, 0.1) is 0 Å². The van der Waals surface area contributed by atoms with Gasteiger partial charge in [-0.25, -0.2) is 0 Å². The zero-order chi connectivity index (χ0) is 16.4. The Morgan fingerprint density at radius 3 is 3.00 bits per heavy atom. The van der Waals surface area contributed by atoms with Crippen LogP contribution in [-0.2, 0) is 6.42 Å². The summed E-state index contributed by atoms with van der Waals surface area (Å²) < 4.78 is 5.91. The van der Waals surface area contributed by atoms with Gasteiger partial charge in [-0.3, -0.25) is 4.79 Å². The molecule has 2 N–H and O–H groups in total. The monoisotopic (exact) mass is 334 g/mol. The van der Waals surface area contributed by atoms with Gasteiger partial charge in [0.05, 0.1) is 5.56 Å². The van der Waals surface area contributed by atoms with Gasteiger partial charge in [0.25, 0.3) is 5.91 Å². The van der Waals surface area contributed by atoms with Gasteiger partial charge < -0.3 is 15.4 Å². The number of fused-ring (bicyclic) bond motifs is 1. The average Bonchev–Trinajstić information content (AvgIpc) is 3.19. The first-order valence-corrected chi connectivity index (χ1v) is 9.76. The molecule has 0 bridgehead atoms. The van der Waals surface area contributed by atoms with Crippen LogP contribution in [0.2, 0.25) is 0 Å². The predicted molar refractivity (Wildman–Crippen MR) is 94.6 cm³/mol. The number of carbonyl (C=O) groups excluding carboxylic acids is 1. The number of nitrogens with one attached hydrogen (secondary N) is 2. The Morgan fingerprint density at radius 2 is 2.35 bits per heavy atom. The number of rotatable bonds is 5. The van der Waals surface area contributed by atoms with E-state index in [2.05, 4.69) is 30.5 Å². The minimum absolute atomic E-state index is 0.00759. The Balaban J connectivity index is 1.82. The van der Waals surface area contributed by atoms with E-state index in [0.717, 1.165) is 42.0 Å². The summed E-state index contributed by atoms with van der Waals surface area (Å²) >= 11 is 1.67. The third kappa shape index (κ3) is 3.50. The van der Waals surface area contributed by atoms with Crippen molar-refractivity contribution in [1.82, 2.24) is 10.6 Å². The molecule has 1 amide bonds. The molecule has 126 valence electrons. The van der Waals surface area contributed by atoms with E-state index in [-0.39, 0.29) is 18.1 Å². The maximum absolute atomic E-state index is 12.9. The molecule has 0 spiro atoms. The van der Waals surface area contributed by atoms with Crippen LogP contribution in [0.3, 0.4) is 0 Å². The van der Waals surface area contributed by atoms with Crippen molar-refractivity contribution in [2.45, 2.75) is 62.6 Å². The van der Waals surface area contributed by atoms with Crippen LogP contribution in [0.15, 0.2) is 17.0 Å². The molecule has 23 heavy (non-hydrogen) atoms. The molecule has 1 aromatic carbocycles. The van der Waals surface area contributed by atoms with Crippen LogP contribution in [-0.4, -0.2) is 36.9 Å². The van der Waals surface area contributed by atoms with Crippen LogP contribution < -0.4 is 15.4 Å². The normalized spacial score (nSPS) is 24.1. The third-order valence-electron chi connectivity index (χ3n) is 4.79. The van der Waals surface area contributed by atoms with Gasteiger partial charge in [-0.1, -0.05) is 6.92 Å². The summed E-state index contributed by atoms with van der Waals surface area (Å²) in [4.78, 5) is 14.0. The first-order valence-electron chi connectivity index (χ1n) is 8.54. The number of carbonyl (C=O) groups is 1. The topological polar surface area (TPSA) is 50.4 Å². The summed E-state index contributed by atoms with van der Waals surface area (Å²) in [6.45, 7) is 5.24. The average molecular weight is 334 g/mol. The number of hydrogen-bond donors (Lipinski definition) is 2. The fourth-order valence-electron chi connectivity index (χ4n) is 3.58. The lowest BCUT2D eigenvalue weighted by atomic mass is 10.0. The molecule has 3 atom stereocenters. The van der Waals surface area contributed by atoms with E-state index in [1.165, 1.54) is 6.42 Å². The maximum atomic E-state index is 12.9. The Bertz CT molecular complexity index is 585. The number of hydrogen-bond acceptors (Lipinski definition) is 4. The van der Waals surface area contributed by atoms with Crippen molar-refractivity contribution in [2.75, 3.05) is 12.8 Å². The summed E-state index contributed by atoms with van der Waals surface area (Å²) in [6, 6.07) is 4.68. The van der Waals surface area contributed by atoms with E-state index in [1.807, 2.05) is 12.3 Å². The number of ether oxygens (including phenoxy) is 1. The minimum atomic E-state index is -0.00759.